The first kappa shape index (κ1) is 19.2. The highest BCUT2D eigenvalue weighted by atomic mass is 28.4. The van der Waals surface area contributed by atoms with E-state index in [9.17, 15) is 13.9 Å². The van der Waals surface area contributed by atoms with Gasteiger partial charge in [-0.05, 0) is 15.4 Å². The van der Waals surface area contributed by atoms with Crippen LogP contribution in [0.2, 0.25) is 5.04 Å². The molecule has 0 aromatic heterocycles. The molecule has 0 bridgehead atoms. The maximum atomic E-state index is 13.9. The minimum absolute atomic E-state index is 0.0362. The van der Waals surface area contributed by atoms with E-state index < -0.39 is 32.7 Å². The topological polar surface area (TPSA) is 29.5 Å². The molecule has 2 nitrogen and oxygen atoms in total. The van der Waals surface area contributed by atoms with Gasteiger partial charge >= 0.3 is 0 Å². The maximum Gasteiger partial charge on any atom is 0.261 e. The van der Waals surface area contributed by atoms with E-state index in [0.717, 1.165) is 10.4 Å². The predicted octanol–water partition coefficient (Wildman–Crippen LogP) is 3.44. The molecule has 2 atom stereocenters. The smallest absolute Gasteiger partial charge is 0.261 e. The van der Waals surface area contributed by atoms with E-state index in [1.54, 1.807) is 0 Å². The monoisotopic (exact) mass is 376 g/mol. The fourth-order valence-corrected chi connectivity index (χ4v) is 8.50. The van der Waals surface area contributed by atoms with E-state index in [-0.39, 0.29) is 11.6 Å². The van der Waals surface area contributed by atoms with Gasteiger partial charge in [0.15, 0.2) is 0 Å². The molecule has 2 unspecified atom stereocenters. The fourth-order valence-electron chi connectivity index (χ4n) is 3.91. The molecule has 1 aliphatic carbocycles. The number of benzene rings is 2. The van der Waals surface area contributed by atoms with Crippen molar-refractivity contribution in [3.05, 3.63) is 60.7 Å². The van der Waals surface area contributed by atoms with Gasteiger partial charge in [0, 0.05) is 6.61 Å². The summed E-state index contributed by atoms with van der Waals surface area (Å²) in [4.78, 5) is 0. The van der Waals surface area contributed by atoms with Crippen molar-refractivity contribution in [2.24, 2.45) is 11.8 Å². The molecule has 0 radical (unpaired) electrons. The second kappa shape index (κ2) is 6.87. The summed E-state index contributed by atoms with van der Waals surface area (Å²) in [5.41, 5.74) is 0. The SMILES string of the molecule is CC(C)(C)[Si](OCC1C(CO)C1(F)F)(c1ccccc1)c1ccccc1. The van der Waals surface area contributed by atoms with Crippen LogP contribution in [0.15, 0.2) is 60.7 Å². The summed E-state index contributed by atoms with van der Waals surface area (Å²) >= 11 is 0. The Hall–Kier alpha value is -1.56. The van der Waals surface area contributed by atoms with Crippen molar-refractivity contribution in [3.8, 4) is 0 Å². The number of aliphatic hydroxyl groups excluding tert-OH is 1. The zero-order valence-corrected chi connectivity index (χ0v) is 16.5. The molecule has 3 rings (SSSR count). The van der Waals surface area contributed by atoms with Crippen molar-refractivity contribution in [2.75, 3.05) is 13.2 Å². The predicted molar refractivity (Wildman–Crippen MR) is 103 cm³/mol. The van der Waals surface area contributed by atoms with Gasteiger partial charge in [-0.25, -0.2) is 8.78 Å². The molecule has 0 spiro atoms. The van der Waals surface area contributed by atoms with E-state index in [0.29, 0.717) is 0 Å². The lowest BCUT2D eigenvalue weighted by Crippen LogP contribution is -2.66. The first-order valence-electron chi connectivity index (χ1n) is 8.99. The number of hydrogen-bond acceptors (Lipinski definition) is 2. The minimum Gasteiger partial charge on any atom is -0.407 e. The Morgan fingerprint density at radius 3 is 1.73 bits per heavy atom. The zero-order chi connectivity index (χ0) is 19.0. The quantitative estimate of drug-likeness (QED) is 0.783. The van der Waals surface area contributed by atoms with Crippen LogP contribution in [0.3, 0.4) is 0 Å². The van der Waals surface area contributed by atoms with Crippen LogP contribution in [0.4, 0.5) is 8.78 Å². The lowest BCUT2D eigenvalue weighted by atomic mass is 10.2. The van der Waals surface area contributed by atoms with Crippen LogP contribution in [0, 0.1) is 11.8 Å². The first-order valence-corrected chi connectivity index (χ1v) is 10.9. The van der Waals surface area contributed by atoms with Crippen LogP contribution < -0.4 is 10.4 Å². The molecule has 26 heavy (non-hydrogen) atoms. The molecule has 2 aromatic rings. The first-order chi connectivity index (χ1) is 12.2. The Bertz CT molecular complexity index is 689. The second-order valence-electron chi connectivity index (χ2n) is 8.04. The molecule has 140 valence electrons. The van der Waals surface area contributed by atoms with Crippen LogP contribution >= 0.6 is 0 Å². The molecule has 0 aliphatic heterocycles. The van der Waals surface area contributed by atoms with Crippen molar-refractivity contribution in [2.45, 2.75) is 31.7 Å². The molecule has 1 saturated carbocycles. The van der Waals surface area contributed by atoms with Crippen molar-refractivity contribution < 1.29 is 18.3 Å². The zero-order valence-electron chi connectivity index (χ0n) is 15.5. The summed E-state index contributed by atoms with van der Waals surface area (Å²) in [6.07, 6.45) is 0. The van der Waals surface area contributed by atoms with Crippen molar-refractivity contribution in [3.63, 3.8) is 0 Å². The van der Waals surface area contributed by atoms with Gasteiger partial charge in [0.25, 0.3) is 14.2 Å². The van der Waals surface area contributed by atoms with Crippen LogP contribution in [0.25, 0.3) is 0 Å². The number of aliphatic hydroxyl groups is 1. The molecule has 1 N–H and O–H groups in total. The third-order valence-electron chi connectivity index (χ3n) is 5.46. The fraction of sp³-hybridized carbons (Fsp3) is 0.429. The normalized spacial score (nSPS) is 22.2. The summed E-state index contributed by atoms with van der Waals surface area (Å²) in [5.74, 6) is -4.73. The van der Waals surface area contributed by atoms with Gasteiger partial charge in [-0.2, -0.15) is 0 Å². The lowest BCUT2D eigenvalue weighted by molar-refractivity contribution is 0.0650. The van der Waals surface area contributed by atoms with E-state index in [1.807, 2.05) is 60.7 Å². The Labute approximate surface area is 155 Å². The molecular formula is C21H26F2O2Si. The number of halogens is 2. The number of alkyl halides is 2. The molecule has 1 aliphatic rings. The lowest BCUT2D eigenvalue weighted by Gasteiger charge is -2.43. The Kier molecular flexibility index (Phi) is 5.08. The molecule has 0 heterocycles. The van der Waals surface area contributed by atoms with Gasteiger partial charge in [-0.15, -0.1) is 0 Å². The molecule has 1 fully saturated rings. The standard InChI is InChI=1S/C21H26F2O2Si/c1-20(2,3)26(16-10-6-4-7-11-16,17-12-8-5-9-13-17)25-15-19-18(14-24)21(19,22)23/h4-13,18-19,24H,14-15H2,1-3H3. The molecule has 5 heteroatoms. The highest BCUT2D eigenvalue weighted by molar-refractivity contribution is 6.99. The summed E-state index contributed by atoms with van der Waals surface area (Å²) in [7, 11) is -2.79. The molecule has 0 amide bonds. The minimum atomic E-state index is -2.83. The van der Waals surface area contributed by atoms with E-state index >= 15 is 0 Å². The number of hydrogen-bond donors (Lipinski definition) is 1. The number of rotatable bonds is 6. The second-order valence-corrected chi connectivity index (χ2v) is 12.4. The van der Waals surface area contributed by atoms with Gasteiger partial charge in [0.2, 0.25) is 0 Å². The third-order valence-corrected chi connectivity index (χ3v) is 10.5. The Morgan fingerprint density at radius 2 is 1.38 bits per heavy atom. The summed E-state index contributed by atoms with van der Waals surface area (Å²) in [6.45, 7) is 5.82. The van der Waals surface area contributed by atoms with Crippen LogP contribution in [0.5, 0.6) is 0 Å². The van der Waals surface area contributed by atoms with Gasteiger partial charge in [-0.3, -0.25) is 0 Å². The molecule has 2 aromatic carbocycles. The van der Waals surface area contributed by atoms with Crippen LogP contribution in [-0.2, 0) is 4.43 Å². The molecular weight excluding hydrogens is 350 g/mol. The van der Waals surface area contributed by atoms with Crippen LogP contribution in [0.1, 0.15) is 20.8 Å². The summed E-state index contributed by atoms with van der Waals surface area (Å²) in [5, 5.41) is 11.1. The van der Waals surface area contributed by atoms with Crippen molar-refractivity contribution in [1.82, 2.24) is 0 Å². The maximum absolute atomic E-state index is 13.9. The largest absolute Gasteiger partial charge is 0.407 e. The van der Waals surface area contributed by atoms with Gasteiger partial charge in [0.05, 0.1) is 18.4 Å². The van der Waals surface area contributed by atoms with Gasteiger partial charge < -0.3 is 9.53 Å². The van der Waals surface area contributed by atoms with Crippen molar-refractivity contribution in [1.29, 1.82) is 0 Å². The summed E-state index contributed by atoms with van der Waals surface area (Å²) in [6, 6.07) is 19.9. The molecule has 0 saturated heterocycles. The highest BCUT2D eigenvalue weighted by Crippen LogP contribution is 2.55. The van der Waals surface area contributed by atoms with E-state index in [1.165, 1.54) is 0 Å². The van der Waals surface area contributed by atoms with Gasteiger partial charge in [0.1, 0.15) is 0 Å². The van der Waals surface area contributed by atoms with E-state index in [2.05, 4.69) is 20.8 Å². The average molecular weight is 377 g/mol. The Balaban J connectivity index is 2.04. The van der Waals surface area contributed by atoms with Crippen LogP contribution in [-0.4, -0.2) is 32.6 Å². The third kappa shape index (κ3) is 3.13. The summed E-state index contributed by atoms with van der Waals surface area (Å²) < 4.78 is 34.3. The highest BCUT2D eigenvalue weighted by Gasteiger charge is 2.68. The van der Waals surface area contributed by atoms with Gasteiger partial charge in [-0.1, -0.05) is 81.4 Å². The Morgan fingerprint density at radius 1 is 0.923 bits per heavy atom. The average Bonchev–Trinajstić information content (AvgIpc) is 3.15. The van der Waals surface area contributed by atoms with E-state index in [4.69, 9.17) is 4.43 Å². The van der Waals surface area contributed by atoms with Crippen molar-refractivity contribution >= 4 is 18.7 Å².